The molecule has 0 radical (unpaired) electrons. The van der Waals surface area contributed by atoms with Gasteiger partial charge in [-0.2, -0.15) is 0 Å². The molecule has 4 aromatic rings. The van der Waals surface area contributed by atoms with Gasteiger partial charge in [0.2, 0.25) is 5.75 Å². The number of hydrogen-bond donors (Lipinski definition) is 1. The molecule has 37 heavy (non-hydrogen) atoms. The fourth-order valence-corrected chi connectivity index (χ4v) is 5.25. The van der Waals surface area contributed by atoms with Gasteiger partial charge >= 0.3 is 0 Å². The van der Waals surface area contributed by atoms with E-state index in [0.717, 1.165) is 11.8 Å². The van der Waals surface area contributed by atoms with Gasteiger partial charge in [0.15, 0.2) is 22.9 Å². The van der Waals surface area contributed by atoms with Gasteiger partial charge in [0, 0.05) is 11.3 Å². The number of Topliss-reactive ketones (excluding diaryl/α,β-unsaturated/α-hetero) is 1. The molecule has 10 nitrogen and oxygen atoms in total. The summed E-state index contributed by atoms with van der Waals surface area (Å²) in [6.07, 6.45) is 0. The zero-order valence-corrected chi connectivity index (χ0v) is 22.1. The van der Waals surface area contributed by atoms with Gasteiger partial charge in [-0.25, -0.2) is 13.4 Å². The number of benzene rings is 3. The fraction of sp³-hybridized carbons (Fsp3) is 0.200. The molecule has 1 heterocycles. The molecular weight excluding hydrogens is 520 g/mol. The minimum atomic E-state index is -3.86. The number of nitrogens with one attached hydrogen (secondary N) is 1. The molecule has 1 N–H and O–H groups in total. The average molecular weight is 545 g/mol. The van der Waals surface area contributed by atoms with Gasteiger partial charge in [0.05, 0.1) is 39.1 Å². The van der Waals surface area contributed by atoms with Crippen LogP contribution in [-0.2, 0) is 10.0 Å². The Hall–Kier alpha value is -3.90. The summed E-state index contributed by atoms with van der Waals surface area (Å²) in [5.41, 5.74) is 1.50. The first-order chi connectivity index (χ1) is 17.8. The van der Waals surface area contributed by atoms with Crippen LogP contribution in [-0.4, -0.2) is 53.4 Å². The van der Waals surface area contributed by atoms with Gasteiger partial charge in [0.1, 0.15) is 11.3 Å². The largest absolute Gasteiger partial charge is 0.497 e. The minimum absolute atomic E-state index is 0.0224. The lowest BCUT2D eigenvalue weighted by Crippen LogP contribution is -2.12. The Labute approximate surface area is 217 Å². The van der Waals surface area contributed by atoms with Crippen molar-refractivity contribution in [3.8, 4) is 23.0 Å². The van der Waals surface area contributed by atoms with Crippen molar-refractivity contribution < 1.29 is 36.6 Å². The highest BCUT2D eigenvalue weighted by Gasteiger charge is 2.20. The monoisotopic (exact) mass is 544 g/mol. The number of fused-ring (bicyclic) bond motifs is 1. The summed E-state index contributed by atoms with van der Waals surface area (Å²) < 4.78 is 54.9. The lowest BCUT2D eigenvalue weighted by Gasteiger charge is -2.13. The van der Waals surface area contributed by atoms with Crippen LogP contribution in [0.3, 0.4) is 0 Å². The molecule has 194 valence electrons. The maximum atomic E-state index is 12.8. The highest BCUT2D eigenvalue weighted by Crippen LogP contribution is 2.38. The van der Waals surface area contributed by atoms with Crippen molar-refractivity contribution in [3.05, 3.63) is 60.2 Å². The van der Waals surface area contributed by atoms with Crippen LogP contribution in [0.25, 0.3) is 11.1 Å². The van der Waals surface area contributed by atoms with Gasteiger partial charge in [-0.1, -0.05) is 11.8 Å². The van der Waals surface area contributed by atoms with Crippen molar-refractivity contribution in [3.63, 3.8) is 0 Å². The summed E-state index contributed by atoms with van der Waals surface area (Å²) in [4.78, 5) is 17.2. The SMILES string of the molecule is COc1ccc(NS(=O)(=O)c2ccc3oc(SCC(=O)c4cc(OC)c(OC)c(OC)c4)nc3c2)cc1. The molecule has 0 saturated carbocycles. The molecule has 0 aliphatic heterocycles. The summed E-state index contributed by atoms with van der Waals surface area (Å²) in [6.45, 7) is 0. The number of carbonyl (C=O) groups is 1. The Morgan fingerprint density at radius 2 is 1.59 bits per heavy atom. The fourth-order valence-electron chi connectivity index (χ4n) is 3.44. The highest BCUT2D eigenvalue weighted by molar-refractivity contribution is 7.99. The van der Waals surface area contributed by atoms with E-state index >= 15 is 0 Å². The Kier molecular flexibility index (Phi) is 7.79. The van der Waals surface area contributed by atoms with Crippen LogP contribution < -0.4 is 23.7 Å². The van der Waals surface area contributed by atoms with Gasteiger partial charge in [-0.15, -0.1) is 0 Å². The number of ketones is 1. The normalized spacial score (nSPS) is 11.2. The first kappa shape index (κ1) is 26.2. The third-order valence-corrected chi connectivity index (χ3v) is 7.51. The Morgan fingerprint density at radius 1 is 0.919 bits per heavy atom. The van der Waals surface area contributed by atoms with E-state index in [0.29, 0.717) is 45.3 Å². The van der Waals surface area contributed by atoms with Crippen molar-refractivity contribution in [2.75, 3.05) is 38.9 Å². The van der Waals surface area contributed by atoms with E-state index in [9.17, 15) is 13.2 Å². The number of ether oxygens (including phenoxy) is 4. The molecule has 1 aromatic heterocycles. The standard InChI is InChI=1S/C25H24N2O8S2/c1-31-17-7-5-16(6-8-17)27-37(29,30)18-9-10-21-19(13-18)26-25(35-21)36-14-20(28)15-11-22(32-2)24(34-4)23(12-15)33-3/h5-13,27H,14H2,1-4H3. The van der Waals surface area contributed by atoms with Gasteiger partial charge in [0.25, 0.3) is 15.2 Å². The molecule has 12 heteroatoms. The van der Waals surface area contributed by atoms with Crippen LogP contribution in [0.1, 0.15) is 10.4 Å². The number of carbonyl (C=O) groups excluding carboxylic acids is 1. The Balaban J connectivity index is 1.49. The molecule has 0 unspecified atom stereocenters. The second-order valence-corrected chi connectivity index (χ2v) is 10.2. The summed E-state index contributed by atoms with van der Waals surface area (Å²) in [5.74, 6) is 1.55. The maximum absolute atomic E-state index is 12.8. The molecule has 0 aliphatic rings. The van der Waals surface area contributed by atoms with Crippen LogP contribution in [0.15, 0.2) is 69.1 Å². The average Bonchev–Trinajstić information content (AvgIpc) is 3.33. The highest BCUT2D eigenvalue weighted by atomic mass is 32.2. The van der Waals surface area contributed by atoms with E-state index < -0.39 is 10.0 Å². The summed E-state index contributed by atoms with van der Waals surface area (Å²) in [7, 11) is 2.09. The van der Waals surface area contributed by atoms with E-state index in [1.807, 2.05) is 0 Å². The smallest absolute Gasteiger partial charge is 0.261 e. The molecule has 4 rings (SSSR count). The molecule has 0 amide bonds. The molecule has 0 spiro atoms. The van der Waals surface area contributed by atoms with Crippen molar-refractivity contribution in [1.82, 2.24) is 4.98 Å². The second-order valence-electron chi connectivity index (χ2n) is 7.57. The molecule has 3 aromatic carbocycles. The first-order valence-corrected chi connectivity index (χ1v) is 13.3. The zero-order chi connectivity index (χ0) is 26.6. The topological polar surface area (TPSA) is 126 Å². The van der Waals surface area contributed by atoms with Gasteiger partial charge in [-0.3, -0.25) is 9.52 Å². The number of oxazole rings is 1. The number of anilines is 1. The van der Waals surface area contributed by atoms with E-state index in [2.05, 4.69) is 9.71 Å². The predicted molar refractivity (Wildman–Crippen MR) is 139 cm³/mol. The van der Waals surface area contributed by atoms with Crippen molar-refractivity contribution >= 4 is 44.4 Å². The maximum Gasteiger partial charge on any atom is 0.261 e. The second kappa shape index (κ2) is 11.0. The lowest BCUT2D eigenvalue weighted by atomic mass is 10.1. The van der Waals surface area contributed by atoms with E-state index in [4.69, 9.17) is 23.4 Å². The predicted octanol–water partition coefficient (Wildman–Crippen LogP) is 4.64. The molecular formula is C25H24N2O8S2. The van der Waals surface area contributed by atoms with E-state index in [1.54, 1.807) is 36.4 Å². The molecule has 0 saturated heterocycles. The quantitative estimate of drug-likeness (QED) is 0.211. The van der Waals surface area contributed by atoms with Crippen molar-refractivity contribution in [2.45, 2.75) is 10.1 Å². The van der Waals surface area contributed by atoms with Gasteiger partial charge < -0.3 is 23.4 Å². The Morgan fingerprint density at radius 3 is 2.19 bits per heavy atom. The number of rotatable bonds is 11. The summed E-state index contributed by atoms with van der Waals surface area (Å²) in [6, 6.07) is 14.0. The summed E-state index contributed by atoms with van der Waals surface area (Å²) in [5, 5.41) is 0.230. The van der Waals surface area contributed by atoms with Crippen molar-refractivity contribution in [2.24, 2.45) is 0 Å². The number of thioether (sulfide) groups is 1. The number of hydrogen-bond acceptors (Lipinski definition) is 10. The molecule has 0 atom stereocenters. The van der Waals surface area contributed by atoms with Crippen LogP contribution >= 0.6 is 11.8 Å². The molecule has 0 fully saturated rings. The molecule has 0 aliphatic carbocycles. The van der Waals surface area contributed by atoms with E-state index in [1.165, 1.54) is 46.6 Å². The summed E-state index contributed by atoms with van der Waals surface area (Å²) >= 11 is 1.09. The molecule has 0 bridgehead atoms. The number of sulfonamides is 1. The first-order valence-electron chi connectivity index (χ1n) is 10.8. The lowest BCUT2D eigenvalue weighted by molar-refractivity contribution is 0.102. The Bertz CT molecular complexity index is 1510. The van der Waals surface area contributed by atoms with E-state index in [-0.39, 0.29) is 21.7 Å². The van der Waals surface area contributed by atoms with Crippen LogP contribution in [0.5, 0.6) is 23.0 Å². The third kappa shape index (κ3) is 5.75. The van der Waals surface area contributed by atoms with Gasteiger partial charge in [-0.05, 0) is 54.6 Å². The third-order valence-electron chi connectivity index (χ3n) is 5.31. The zero-order valence-electron chi connectivity index (χ0n) is 20.4. The van der Waals surface area contributed by atoms with Crippen LogP contribution in [0, 0.1) is 0 Å². The van der Waals surface area contributed by atoms with Crippen LogP contribution in [0.4, 0.5) is 5.69 Å². The van der Waals surface area contributed by atoms with Crippen LogP contribution in [0.2, 0.25) is 0 Å². The minimum Gasteiger partial charge on any atom is -0.497 e. The van der Waals surface area contributed by atoms with Crippen molar-refractivity contribution in [1.29, 1.82) is 0 Å². The number of aromatic nitrogens is 1. The number of methoxy groups -OCH3 is 4. The number of nitrogens with zero attached hydrogens (tertiary/aromatic N) is 1.